The third kappa shape index (κ3) is 3.80. The van der Waals surface area contributed by atoms with Gasteiger partial charge in [0.1, 0.15) is 22.7 Å². The van der Waals surface area contributed by atoms with Crippen molar-refractivity contribution >= 4 is 16.7 Å². The standard InChI is InChI=1S/C27H24N4O2/c1-16-14-20(18(3)30-22-10-7-12-28-24(22)23-11-13-29-31-23)27-21(15-16)25(32)17(2)26(33-27)19-8-5-4-6-9-19/h4-15,18,30H,1-3H3,(H,29,31)/t18-/m1/s1. The maximum absolute atomic E-state index is 13.3. The number of pyridine rings is 1. The SMILES string of the molecule is Cc1cc([C@@H](C)Nc2cccnc2-c2cc[nH]n2)c2oc(-c3ccccc3)c(C)c(=O)c2c1. The van der Waals surface area contributed by atoms with E-state index in [0.29, 0.717) is 22.3 Å². The van der Waals surface area contributed by atoms with Crippen LogP contribution in [-0.4, -0.2) is 15.2 Å². The molecule has 0 fully saturated rings. The Hall–Kier alpha value is -4.19. The number of hydrogen-bond acceptors (Lipinski definition) is 5. The topological polar surface area (TPSA) is 83.8 Å². The van der Waals surface area contributed by atoms with Gasteiger partial charge in [-0.1, -0.05) is 36.4 Å². The van der Waals surface area contributed by atoms with Crippen molar-refractivity contribution in [3.05, 3.63) is 100.0 Å². The number of benzene rings is 2. The molecule has 1 atom stereocenters. The van der Waals surface area contributed by atoms with Crippen molar-refractivity contribution in [2.24, 2.45) is 0 Å². The summed E-state index contributed by atoms with van der Waals surface area (Å²) in [6, 6.07) is 19.3. The van der Waals surface area contributed by atoms with Crippen LogP contribution in [0.5, 0.6) is 0 Å². The molecule has 0 aliphatic carbocycles. The lowest BCUT2D eigenvalue weighted by molar-refractivity contribution is 0.605. The van der Waals surface area contributed by atoms with Crippen LogP contribution in [0.1, 0.15) is 29.7 Å². The van der Waals surface area contributed by atoms with Gasteiger partial charge in [0.25, 0.3) is 0 Å². The number of aromatic nitrogens is 3. The minimum atomic E-state index is -0.149. The molecule has 2 aromatic carbocycles. The molecule has 0 saturated heterocycles. The number of nitrogens with one attached hydrogen (secondary N) is 2. The molecule has 0 amide bonds. The van der Waals surface area contributed by atoms with Crippen LogP contribution in [0, 0.1) is 13.8 Å². The van der Waals surface area contributed by atoms with Crippen molar-refractivity contribution < 1.29 is 4.42 Å². The summed E-state index contributed by atoms with van der Waals surface area (Å²) in [7, 11) is 0. The van der Waals surface area contributed by atoms with Crippen LogP contribution in [0.3, 0.4) is 0 Å². The molecule has 0 radical (unpaired) electrons. The van der Waals surface area contributed by atoms with E-state index in [1.807, 2.05) is 68.4 Å². The molecule has 0 aliphatic heterocycles. The highest BCUT2D eigenvalue weighted by molar-refractivity contribution is 5.85. The monoisotopic (exact) mass is 436 g/mol. The van der Waals surface area contributed by atoms with Crippen LogP contribution in [-0.2, 0) is 0 Å². The van der Waals surface area contributed by atoms with Gasteiger partial charge in [-0.25, -0.2) is 0 Å². The number of nitrogens with zero attached hydrogens (tertiary/aromatic N) is 2. The molecule has 3 heterocycles. The minimum absolute atomic E-state index is 0.00848. The summed E-state index contributed by atoms with van der Waals surface area (Å²) in [5, 5.41) is 11.2. The fourth-order valence-electron chi connectivity index (χ4n) is 4.18. The van der Waals surface area contributed by atoms with E-state index in [2.05, 4.69) is 33.5 Å². The molecule has 3 aromatic heterocycles. The van der Waals surface area contributed by atoms with Gasteiger partial charge in [0.05, 0.1) is 17.1 Å². The number of rotatable bonds is 5. The van der Waals surface area contributed by atoms with E-state index in [1.54, 1.807) is 12.4 Å². The fraction of sp³-hybridized carbons (Fsp3) is 0.148. The summed E-state index contributed by atoms with van der Waals surface area (Å²) in [5.74, 6) is 0.601. The third-order valence-electron chi connectivity index (χ3n) is 5.82. The molecular formula is C27H24N4O2. The third-order valence-corrected chi connectivity index (χ3v) is 5.82. The van der Waals surface area contributed by atoms with Crippen molar-refractivity contribution in [3.63, 3.8) is 0 Å². The largest absolute Gasteiger partial charge is 0.455 e. The van der Waals surface area contributed by atoms with Gasteiger partial charge in [-0.15, -0.1) is 0 Å². The second-order valence-corrected chi connectivity index (χ2v) is 8.21. The van der Waals surface area contributed by atoms with Gasteiger partial charge in [-0.05, 0) is 50.6 Å². The molecule has 5 aromatic rings. The number of fused-ring (bicyclic) bond motifs is 1. The summed E-state index contributed by atoms with van der Waals surface area (Å²) in [5.41, 5.74) is 6.36. The Bertz CT molecular complexity index is 1490. The Labute approximate surface area is 191 Å². The van der Waals surface area contributed by atoms with Crippen LogP contribution >= 0.6 is 0 Å². The number of aromatic amines is 1. The first-order valence-corrected chi connectivity index (χ1v) is 10.9. The van der Waals surface area contributed by atoms with Crippen LogP contribution in [0.15, 0.2) is 82.3 Å². The average molecular weight is 437 g/mol. The zero-order chi connectivity index (χ0) is 22.9. The molecule has 33 heavy (non-hydrogen) atoms. The summed E-state index contributed by atoms with van der Waals surface area (Å²) in [4.78, 5) is 17.8. The molecule has 164 valence electrons. The van der Waals surface area contributed by atoms with Crippen LogP contribution in [0.2, 0.25) is 0 Å². The van der Waals surface area contributed by atoms with E-state index in [1.165, 1.54) is 0 Å². The molecule has 6 nitrogen and oxygen atoms in total. The first-order valence-electron chi connectivity index (χ1n) is 10.9. The lowest BCUT2D eigenvalue weighted by Gasteiger charge is -2.20. The van der Waals surface area contributed by atoms with Crippen LogP contribution < -0.4 is 10.7 Å². The highest BCUT2D eigenvalue weighted by Crippen LogP contribution is 2.33. The molecule has 0 saturated carbocycles. The van der Waals surface area contributed by atoms with Crippen molar-refractivity contribution in [1.82, 2.24) is 15.2 Å². The van der Waals surface area contributed by atoms with Gasteiger partial charge in [-0.3, -0.25) is 14.9 Å². The van der Waals surface area contributed by atoms with Crippen molar-refractivity contribution in [2.75, 3.05) is 5.32 Å². The molecular weight excluding hydrogens is 412 g/mol. The fourth-order valence-corrected chi connectivity index (χ4v) is 4.18. The average Bonchev–Trinajstić information content (AvgIpc) is 3.37. The molecule has 0 bridgehead atoms. The predicted octanol–water partition coefficient (Wildman–Crippen LogP) is 6.04. The number of aryl methyl sites for hydroxylation is 1. The molecule has 0 aliphatic rings. The number of anilines is 1. The molecule has 0 spiro atoms. The highest BCUT2D eigenvalue weighted by Gasteiger charge is 2.20. The normalized spacial score (nSPS) is 12.1. The van der Waals surface area contributed by atoms with Crippen molar-refractivity contribution in [1.29, 1.82) is 0 Å². The molecule has 6 heteroatoms. The van der Waals surface area contributed by atoms with Gasteiger partial charge in [0, 0.05) is 29.1 Å². The Kier molecular flexibility index (Phi) is 5.26. The second-order valence-electron chi connectivity index (χ2n) is 8.21. The van der Waals surface area contributed by atoms with Crippen molar-refractivity contribution in [3.8, 4) is 22.7 Å². The zero-order valence-electron chi connectivity index (χ0n) is 18.7. The zero-order valence-corrected chi connectivity index (χ0v) is 18.7. The van der Waals surface area contributed by atoms with Gasteiger partial charge in [-0.2, -0.15) is 5.10 Å². The van der Waals surface area contributed by atoms with E-state index in [9.17, 15) is 4.79 Å². The number of hydrogen-bond donors (Lipinski definition) is 2. The highest BCUT2D eigenvalue weighted by atomic mass is 16.3. The Balaban J connectivity index is 1.64. The Morgan fingerprint density at radius 3 is 2.61 bits per heavy atom. The first-order chi connectivity index (χ1) is 16.0. The lowest BCUT2D eigenvalue weighted by atomic mass is 9.98. The van der Waals surface area contributed by atoms with Gasteiger partial charge >= 0.3 is 0 Å². The minimum Gasteiger partial charge on any atom is -0.455 e. The summed E-state index contributed by atoms with van der Waals surface area (Å²) in [6.07, 6.45) is 3.52. The first kappa shape index (κ1) is 20.7. The second kappa shape index (κ2) is 8.39. The van der Waals surface area contributed by atoms with E-state index in [4.69, 9.17) is 4.42 Å². The summed E-state index contributed by atoms with van der Waals surface area (Å²) in [6.45, 7) is 5.87. The van der Waals surface area contributed by atoms with E-state index in [-0.39, 0.29) is 11.5 Å². The lowest BCUT2D eigenvalue weighted by Crippen LogP contribution is -2.13. The van der Waals surface area contributed by atoms with Gasteiger partial charge < -0.3 is 9.73 Å². The summed E-state index contributed by atoms with van der Waals surface area (Å²) >= 11 is 0. The maximum Gasteiger partial charge on any atom is 0.196 e. The van der Waals surface area contributed by atoms with Crippen molar-refractivity contribution in [2.45, 2.75) is 26.8 Å². The Morgan fingerprint density at radius 2 is 1.85 bits per heavy atom. The van der Waals surface area contributed by atoms with Crippen LogP contribution in [0.25, 0.3) is 33.7 Å². The maximum atomic E-state index is 13.3. The van der Waals surface area contributed by atoms with Gasteiger partial charge in [0.2, 0.25) is 0 Å². The molecule has 0 unspecified atom stereocenters. The van der Waals surface area contributed by atoms with Gasteiger partial charge in [0.15, 0.2) is 5.43 Å². The van der Waals surface area contributed by atoms with E-state index < -0.39 is 0 Å². The van der Waals surface area contributed by atoms with Crippen LogP contribution in [0.4, 0.5) is 5.69 Å². The predicted molar refractivity (Wildman–Crippen MR) is 131 cm³/mol. The quantitative estimate of drug-likeness (QED) is 0.351. The Morgan fingerprint density at radius 1 is 1.03 bits per heavy atom. The number of H-pyrrole nitrogens is 1. The smallest absolute Gasteiger partial charge is 0.196 e. The van der Waals surface area contributed by atoms with E-state index in [0.717, 1.165) is 33.8 Å². The van der Waals surface area contributed by atoms with E-state index >= 15 is 0 Å². The molecule has 5 rings (SSSR count). The molecule has 2 N–H and O–H groups in total. The summed E-state index contributed by atoms with van der Waals surface area (Å²) < 4.78 is 6.43.